The number of nitrogens with one attached hydrogen (secondary N) is 1. The third kappa shape index (κ3) is 7.31. The molecular formula is C23H31F2IN4O. The predicted octanol–water partition coefficient (Wildman–Crippen LogP) is 4.14. The van der Waals surface area contributed by atoms with Gasteiger partial charge in [-0.25, -0.2) is 13.8 Å². The van der Waals surface area contributed by atoms with Crippen molar-refractivity contribution in [3.05, 3.63) is 65.2 Å². The van der Waals surface area contributed by atoms with Gasteiger partial charge in [0.25, 0.3) is 0 Å². The number of benzene rings is 2. The lowest BCUT2D eigenvalue weighted by molar-refractivity contribution is 0.145. The molecule has 31 heavy (non-hydrogen) atoms. The second kappa shape index (κ2) is 12.2. The molecule has 3 rings (SSSR count). The first kappa shape index (κ1) is 25.3. The molecule has 0 aromatic heterocycles. The summed E-state index contributed by atoms with van der Waals surface area (Å²) in [6.45, 7) is 4.96. The van der Waals surface area contributed by atoms with E-state index in [1.54, 1.807) is 18.2 Å². The Labute approximate surface area is 200 Å². The maximum Gasteiger partial charge on any atom is 0.194 e. The van der Waals surface area contributed by atoms with Crippen molar-refractivity contribution in [2.24, 2.45) is 4.99 Å². The Kier molecular flexibility index (Phi) is 9.95. The highest BCUT2D eigenvalue weighted by atomic mass is 127. The van der Waals surface area contributed by atoms with E-state index in [1.165, 1.54) is 18.2 Å². The molecule has 5 nitrogen and oxygen atoms in total. The summed E-state index contributed by atoms with van der Waals surface area (Å²) >= 11 is 0. The Morgan fingerprint density at radius 3 is 2.39 bits per heavy atom. The van der Waals surface area contributed by atoms with Crippen LogP contribution in [0.1, 0.15) is 30.9 Å². The average Bonchev–Trinajstić information content (AvgIpc) is 2.73. The van der Waals surface area contributed by atoms with Crippen LogP contribution in [0.15, 0.2) is 47.5 Å². The third-order valence-electron chi connectivity index (χ3n) is 5.26. The molecule has 1 saturated heterocycles. The first-order valence-corrected chi connectivity index (χ1v) is 10.4. The van der Waals surface area contributed by atoms with E-state index in [4.69, 9.17) is 0 Å². The molecule has 2 N–H and O–H groups in total. The molecule has 0 spiro atoms. The van der Waals surface area contributed by atoms with Crippen LogP contribution >= 0.6 is 24.0 Å². The van der Waals surface area contributed by atoms with Crippen LogP contribution in [0.5, 0.6) is 0 Å². The van der Waals surface area contributed by atoms with Crippen molar-refractivity contribution >= 4 is 35.6 Å². The predicted molar refractivity (Wildman–Crippen MR) is 132 cm³/mol. The Bertz CT molecular complexity index is 855. The monoisotopic (exact) mass is 544 g/mol. The summed E-state index contributed by atoms with van der Waals surface area (Å²) < 4.78 is 27.8. The molecule has 0 amide bonds. The molecule has 0 atom stereocenters. The van der Waals surface area contributed by atoms with Crippen molar-refractivity contribution in [3.8, 4) is 0 Å². The summed E-state index contributed by atoms with van der Waals surface area (Å²) in [4.78, 5) is 8.58. The molecule has 0 aliphatic carbocycles. The van der Waals surface area contributed by atoms with Gasteiger partial charge in [-0.3, -0.25) is 0 Å². The molecule has 8 heteroatoms. The number of guanidine groups is 1. The van der Waals surface area contributed by atoms with Gasteiger partial charge in [0.15, 0.2) is 5.96 Å². The maximum atomic E-state index is 14.7. The number of aliphatic imine (C=N–C) groups is 1. The van der Waals surface area contributed by atoms with E-state index >= 15 is 0 Å². The van der Waals surface area contributed by atoms with E-state index in [0.29, 0.717) is 57.2 Å². The highest BCUT2D eigenvalue weighted by Crippen LogP contribution is 2.24. The smallest absolute Gasteiger partial charge is 0.194 e. The van der Waals surface area contributed by atoms with Crippen molar-refractivity contribution < 1.29 is 13.9 Å². The number of piperidine rings is 1. The molecule has 0 bridgehead atoms. The lowest BCUT2D eigenvalue weighted by Gasteiger charge is -2.31. The molecule has 1 aliphatic heterocycles. The molecule has 1 fully saturated rings. The van der Waals surface area contributed by atoms with Crippen molar-refractivity contribution in [2.75, 3.05) is 31.6 Å². The molecule has 0 radical (unpaired) electrons. The summed E-state index contributed by atoms with van der Waals surface area (Å²) in [7, 11) is 1.92. The lowest BCUT2D eigenvalue weighted by Crippen LogP contribution is -2.38. The number of aliphatic hydroxyl groups is 1. The summed E-state index contributed by atoms with van der Waals surface area (Å²) in [6, 6.07) is 11.6. The topological polar surface area (TPSA) is 51.1 Å². The zero-order valence-electron chi connectivity index (χ0n) is 18.0. The highest BCUT2D eigenvalue weighted by molar-refractivity contribution is 14.0. The van der Waals surface area contributed by atoms with Gasteiger partial charge in [0, 0.05) is 33.2 Å². The van der Waals surface area contributed by atoms with E-state index in [1.807, 2.05) is 29.8 Å². The van der Waals surface area contributed by atoms with Crippen LogP contribution in [-0.4, -0.2) is 48.8 Å². The van der Waals surface area contributed by atoms with E-state index in [0.717, 1.165) is 11.1 Å². The Morgan fingerprint density at radius 2 is 1.77 bits per heavy atom. The number of anilines is 1. The molecule has 2 aromatic carbocycles. The lowest BCUT2D eigenvalue weighted by atomic mass is 10.1. The number of nitrogens with zero attached hydrogens (tertiary/aromatic N) is 3. The van der Waals surface area contributed by atoms with Crippen LogP contribution in [-0.2, 0) is 13.1 Å². The van der Waals surface area contributed by atoms with Crippen LogP contribution < -0.4 is 10.2 Å². The summed E-state index contributed by atoms with van der Waals surface area (Å²) in [5.41, 5.74) is 2.35. The Hall–Kier alpha value is -1.94. The fraction of sp³-hybridized carbons (Fsp3) is 0.435. The normalized spacial score (nSPS) is 14.9. The fourth-order valence-electron chi connectivity index (χ4n) is 3.59. The van der Waals surface area contributed by atoms with Crippen LogP contribution in [0.25, 0.3) is 0 Å². The minimum atomic E-state index is -0.283. The van der Waals surface area contributed by atoms with Gasteiger partial charge < -0.3 is 20.2 Å². The molecular weight excluding hydrogens is 513 g/mol. The fourth-order valence-corrected chi connectivity index (χ4v) is 3.59. The van der Waals surface area contributed by atoms with Crippen molar-refractivity contribution in [2.45, 2.75) is 39.0 Å². The van der Waals surface area contributed by atoms with E-state index in [-0.39, 0.29) is 41.7 Å². The van der Waals surface area contributed by atoms with Crippen LogP contribution in [0, 0.1) is 11.6 Å². The van der Waals surface area contributed by atoms with Crippen LogP contribution in [0.4, 0.5) is 14.5 Å². The van der Waals surface area contributed by atoms with Gasteiger partial charge >= 0.3 is 0 Å². The van der Waals surface area contributed by atoms with Crippen molar-refractivity contribution in [3.63, 3.8) is 0 Å². The maximum absolute atomic E-state index is 14.7. The number of halogens is 3. The van der Waals surface area contributed by atoms with Crippen LogP contribution in [0.3, 0.4) is 0 Å². The average molecular weight is 544 g/mol. The Morgan fingerprint density at radius 1 is 1.13 bits per heavy atom. The largest absolute Gasteiger partial charge is 0.393 e. The van der Waals surface area contributed by atoms with Gasteiger partial charge in [-0.05, 0) is 55.2 Å². The second-order valence-electron chi connectivity index (χ2n) is 7.66. The van der Waals surface area contributed by atoms with Crippen molar-refractivity contribution in [1.29, 1.82) is 0 Å². The summed E-state index contributed by atoms with van der Waals surface area (Å²) in [5, 5.41) is 12.9. The van der Waals surface area contributed by atoms with Gasteiger partial charge in [0.05, 0.1) is 18.3 Å². The number of rotatable bonds is 6. The van der Waals surface area contributed by atoms with Crippen molar-refractivity contribution in [1.82, 2.24) is 10.2 Å². The van der Waals surface area contributed by atoms with Gasteiger partial charge in [-0.15, -0.1) is 24.0 Å². The zero-order valence-corrected chi connectivity index (χ0v) is 20.4. The Balaban J connectivity index is 0.00000341. The molecule has 1 aliphatic rings. The first-order chi connectivity index (χ1) is 14.5. The number of hydrogen-bond acceptors (Lipinski definition) is 3. The van der Waals surface area contributed by atoms with Gasteiger partial charge in [-0.2, -0.15) is 0 Å². The number of aliphatic hydroxyl groups excluding tert-OH is 1. The standard InChI is InChI=1S/C23H30F2N4O.HI/c1-3-26-23(28(2)16-17-4-7-19(24)8-5-17)27-15-18-6-9-22(21(25)14-18)29-12-10-20(30)11-13-29;/h4-9,14,20,30H,3,10-13,15-16H2,1-2H3,(H,26,27);1H. The molecule has 170 valence electrons. The first-order valence-electron chi connectivity index (χ1n) is 10.4. The SMILES string of the molecule is CCNC(=NCc1ccc(N2CCC(O)CC2)c(F)c1)N(C)Cc1ccc(F)cc1.I. The molecule has 2 aromatic rings. The van der Waals surface area contributed by atoms with E-state index in [2.05, 4.69) is 10.3 Å². The minimum Gasteiger partial charge on any atom is -0.393 e. The molecule has 1 heterocycles. The summed E-state index contributed by atoms with van der Waals surface area (Å²) in [6.07, 6.45) is 1.05. The third-order valence-corrected chi connectivity index (χ3v) is 5.26. The number of hydrogen-bond donors (Lipinski definition) is 2. The van der Waals surface area contributed by atoms with E-state index in [9.17, 15) is 13.9 Å². The van der Waals surface area contributed by atoms with Gasteiger partial charge in [0.1, 0.15) is 11.6 Å². The quantitative estimate of drug-likeness (QED) is 0.326. The second-order valence-corrected chi connectivity index (χ2v) is 7.66. The highest BCUT2D eigenvalue weighted by Gasteiger charge is 2.19. The van der Waals surface area contributed by atoms with Crippen LogP contribution in [0.2, 0.25) is 0 Å². The molecule has 0 saturated carbocycles. The minimum absolute atomic E-state index is 0. The summed E-state index contributed by atoms with van der Waals surface area (Å²) in [5.74, 6) is 0.188. The molecule has 0 unspecified atom stereocenters. The zero-order chi connectivity index (χ0) is 21.5. The van der Waals surface area contributed by atoms with E-state index < -0.39 is 0 Å². The van der Waals surface area contributed by atoms with Gasteiger partial charge in [0.2, 0.25) is 0 Å². The van der Waals surface area contributed by atoms with Gasteiger partial charge in [-0.1, -0.05) is 18.2 Å².